The summed E-state index contributed by atoms with van der Waals surface area (Å²) in [5, 5.41) is 0. The van der Waals surface area contributed by atoms with Crippen molar-refractivity contribution < 1.29 is 13.6 Å². The first-order valence-corrected chi connectivity index (χ1v) is 4.96. The molecule has 0 atom stereocenters. The standard InChI is InChI=1S/C11H7BrF2O/c1-2-3-4-10(15)11-8(13)5-7(12)6-9(11)14/h1,5-6H,3-4H2. The van der Waals surface area contributed by atoms with Crippen molar-refractivity contribution in [2.75, 3.05) is 0 Å². The van der Waals surface area contributed by atoms with Crippen LogP contribution < -0.4 is 0 Å². The molecule has 0 fully saturated rings. The predicted molar refractivity (Wildman–Crippen MR) is 56.5 cm³/mol. The number of hydrogen-bond donors (Lipinski definition) is 0. The van der Waals surface area contributed by atoms with E-state index in [1.165, 1.54) is 0 Å². The lowest BCUT2D eigenvalue weighted by atomic mass is 10.1. The summed E-state index contributed by atoms with van der Waals surface area (Å²) in [5.74, 6) is -0.114. The molecule has 0 saturated heterocycles. The van der Waals surface area contributed by atoms with Gasteiger partial charge in [0.15, 0.2) is 5.78 Å². The third-order valence-corrected chi connectivity index (χ3v) is 2.24. The molecule has 0 aliphatic heterocycles. The monoisotopic (exact) mass is 272 g/mol. The SMILES string of the molecule is C#CCCC(=O)c1c(F)cc(Br)cc1F. The summed E-state index contributed by atoms with van der Waals surface area (Å²) < 4.78 is 26.7. The Morgan fingerprint density at radius 3 is 2.40 bits per heavy atom. The largest absolute Gasteiger partial charge is 0.294 e. The molecular weight excluding hydrogens is 266 g/mol. The number of halogens is 3. The van der Waals surface area contributed by atoms with Crippen molar-refractivity contribution >= 4 is 21.7 Å². The van der Waals surface area contributed by atoms with Crippen LogP contribution >= 0.6 is 15.9 Å². The van der Waals surface area contributed by atoms with Gasteiger partial charge >= 0.3 is 0 Å². The van der Waals surface area contributed by atoms with Gasteiger partial charge in [-0.3, -0.25) is 4.79 Å². The normalized spacial score (nSPS) is 9.73. The average molecular weight is 273 g/mol. The topological polar surface area (TPSA) is 17.1 Å². The lowest BCUT2D eigenvalue weighted by molar-refractivity contribution is 0.0976. The van der Waals surface area contributed by atoms with Crippen LogP contribution in [0.2, 0.25) is 0 Å². The molecule has 0 N–H and O–H groups in total. The Morgan fingerprint density at radius 1 is 1.40 bits per heavy atom. The number of hydrogen-bond acceptors (Lipinski definition) is 1. The number of Topliss-reactive ketones (excluding diaryl/α,β-unsaturated/α-hetero) is 1. The molecule has 1 aromatic rings. The zero-order valence-electron chi connectivity index (χ0n) is 7.69. The van der Waals surface area contributed by atoms with E-state index in [0.29, 0.717) is 0 Å². The first kappa shape index (κ1) is 11.9. The van der Waals surface area contributed by atoms with Crippen LogP contribution in [0.4, 0.5) is 8.78 Å². The van der Waals surface area contributed by atoms with Crippen LogP contribution in [0.25, 0.3) is 0 Å². The molecule has 0 aliphatic carbocycles. The first-order chi connectivity index (χ1) is 7.06. The summed E-state index contributed by atoms with van der Waals surface area (Å²) in [6.07, 6.45) is 5.08. The average Bonchev–Trinajstić information content (AvgIpc) is 2.12. The molecule has 78 valence electrons. The number of terminal acetylenes is 1. The third-order valence-electron chi connectivity index (χ3n) is 1.78. The van der Waals surface area contributed by atoms with Crippen molar-refractivity contribution in [1.29, 1.82) is 0 Å². The quantitative estimate of drug-likeness (QED) is 0.610. The fraction of sp³-hybridized carbons (Fsp3) is 0.182. The van der Waals surface area contributed by atoms with Crippen LogP contribution in [0.5, 0.6) is 0 Å². The van der Waals surface area contributed by atoms with Crippen LogP contribution in [0.3, 0.4) is 0 Å². The van der Waals surface area contributed by atoms with Crippen molar-refractivity contribution in [1.82, 2.24) is 0 Å². The molecule has 0 bridgehead atoms. The van der Waals surface area contributed by atoms with E-state index in [2.05, 4.69) is 21.9 Å². The highest BCUT2D eigenvalue weighted by atomic mass is 79.9. The van der Waals surface area contributed by atoms with E-state index in [9.17, 15) is 13.6 Å². The molecular formula is C11H7BrF2O. The van der Waals surface area contributed by atoms with Crippen molar-refractivity contribution in [3.63, 3.8) is 0 Å². The molecule has 0 saturated carbocycles. The van der Waals surface area contributed by atoms with Crippen molar-refractivity contribution in [3.05, 3.63) is 33.8 Å². The number of benzene rings is 1. The Kier molecular flexibility index (Phi) is 3.98. The van der Waals surface area contributed by atoms with E-state index in [0.717, 1.165) is 12.1 Å². The van der Waals surface area contributed by atoms with E-state index in [-0.39, 0.29) is 17.3 Å². The summed E-state index contributed by atoms with van der Waals surface area (Å²) in [5.41, 5.74) is -0.520. The van der Waals surface area contributed by atoms with Gasteiger partial charge in [0.1, 0.15) is 11.6 Å². The van der Waals surface area contributed by atoms with Crippen LogP contribution in [-0.2, 0) is 0 Å². The molecule has 4 heteroatoms. The molecule has 0 unspecified atom stereocenters. The lowest BCUT2D eigenvalue weighted by Crippen LogP contribution is -2.05. The molecule has 0 heterocycles. The lowest BCUT2D eigenvalue weighted by Gasteiger charge is -2.03. The van der Waals surface area contributed by atoms with Gasteiger partial charge in [-0.05, 0) is 12.1 Å². The minimum Gasteiger partial charge on any atom is -0.294 e. The van der Waals surface area contributed by atoms with Crippen LogP contribution in [-0.4, -0.2) is 5.78 Å². The van der Waals surface area contributed by atoms with Gasteiger partial charge in [-0.25, -0.2) is 8.78 Å². The van der Waals surface area contributed by atoms with Gasteiger partial charge in [0, 0.05) is 17.3 Å². The maximum atomic E-state index is 13.2. The summed E-state index contributed by atoms with van der Waals surface area (Å²) in [6, 6.07) is 2.10. The molecule has 0 spiro atoms. The van der Waals surface area contributed by atoms with Gasteiger partial charge in [0.05, 0.1) is 5.56 Å². The number of rotatable bonds is 3. The fourth-order valence-electron chi connectivity index (χ4n) is 1.12. The number of carbonyl (C=O) groups is 1. The van der Waals surface area contributed by atoms with Gasteiger partial charge in [-0.1, -0.05) is 15.9 Å². The van der Waals surface area contributed by atoms with E-state index < -0.39 is 23.0 Å². The van der Waals surface area contributed by atoms with Crippen molar-refractivity contribution in [3.8, 4) is 12.3 Å². The Hall–Kier alpha value is -1.21. The first-order valence-electron chi connectivity index (χ1n) is 4.17. The Bertz CT molecular complexity index is 412. The highest BCUT2D eigenvalue weighted by Crippen LogP contribution is 2.20. The number of carbonyl (C=O) groups excluding carboxylic acids is 1. The van der Waals surface area contributed by atoms with Crippen LogP contribution in [0.15, 0.2) is 16.6 Å². The highest BCUT2D eigenvalue weighted by molar-refractivity contribution is 9.10. The minimum atomic E-state index is -0.871. The van der Waals surface area contributed by atoms with Gasteiger partial charge in [0.25, 0.3) is 0 Å². The van der Waals surface area contributed by atoms with Gasteiger partial charge in [0.2, 0.25) is 0 Å². The molecule has 0 aromatic heterocycles. The van der Waals surface area contributed by atoms with Crippen LogP contribution in [0.1, 0.15) is 23.2 Å². The maximum Gasteiger partial charge on any atom is 0.169 e. The predicted octanol–water partition coefficient (Wildman–Crippen LogP) is 3.32. The molecule has 1 aromatic carbocycles. The molecule has 0 radical (unpaired) electrons. The molecule has 0 amide bonds. The van der Waals surface area contributed by atoms with Crippen molar-refractivity contribution in [2.45, 2.75) is 12.8 Å². The summed E-state index contributed by atoms with van der Waals surface area (Å²) in [6.45, 7) is 0. The second kappa shape index (κ2) is 5.04. The van der Waals surface area contributed by atoms with E-state index in [1.807, 2.05) is 0 Å². The molecule has 1 nitrogen and oxygen atoms in total. The van der Waals surface area contributed by atoms with Gasteiger partial charge < -0.3 is 0 Å². The molecule has 15 heavy (non-hydrogen) atoms. The van der Waals surface area contributed by atoms with Gasteiger partial charge in [-0.2, -0.15) is 0 Å². The van der Waals surface area contributed by atoms with Crippen LogP contribution in [0, 0.1) is 24.0 Å². The summed E-state index contributed by atoms with van der Waals surface area (Å²) >= 11 is 2.93. The van der Waals surface area contributed by atoms with E-state index >= 15 is 0 Å². The maximum absolute atomic E-state index is 13.2. The minimum absolute atomic E-state index is 0.0496. The Balaban J connectivity index is 3.04. The molecule has 1 rings (SSSR count). The second-order valence-corrected chi connectivity index (χ2v) is 3.79. The van der Waals surface area contributed by atoms with Crippen molar-refractivity contribution in [2.24, 2.45) is 0 Å². The van der Waals surface area contributed by atoms with E-state index in [4.69, 9.17) is 6.42 Å². The van der Waals surface area contributed by atoms with Gasteiger partial charge in [-0.15, -0.1) is 12.3 Å². The number of ketones is 1. The summed E-state index contributed by atoms with van der Waals surface area (Å²) in [4.78, 5) is 11.4. The smallest absolute Gasteiger partial charge is 0.169 e. The third kappa shape index (κ3) is 2.87. The fourth-order valence-corrected chi connectivity index (χ4v) is 1.52. The zero-order valence-corrected chi connectivity index (χ0v) is 9.27. The zero-order chi connectivity index (χ0) is 11.4. The summed E-state index contributed by atoms with van der Waals surface area (Å²) in [7, 11) is 0. The Morgan fingerprint density at radius 2 is 1.93 bits per heavy atom. The molecule has 0 aliphatic rings. The highest BCUT2D eigenvalue weighted by Gasteiger charge is 2.17. The second-order valence-electron chi connectivity index (χ2n) is 2.87. The Labute approximate surface area is 94.6 Å². The van der Waals surface area contributed by atoms with E-state index in [1.54, 1.807) is 0 Å².